The maximum atomic E-state index is 12.9. The Morgan fingerprint density at radius 2 is 1.90 bits per heavy atom. The molecule has 2 aromatic carbocycles. The van der Waals surface area contributed by atoms with Gasteiger partial charge in [-0.3, -0.25) is 9.69 Å². The molecular weight excluding hydrogens is 390 g/mol. The normalized spacial score (nSPS) is 15.0. The van der Waals surface area contributed by atoms with Crippen molar-refractivity contribution in [1.82, 2.24) is 15.4 Å². The lowest BCUT2D eigenvalue weighted by atomic mass is 10.1. The molecule has 0 saturated carbocycles. The minimum atomic E-state index is -0.0945. The van der Waals surface area contributed by atoms with Gasteiger partial charge in [0.05, 0.1) is 17.3 Å². The van der Waals surface area contributed by atoms with Crippen molar-refractivity contribution in [2.75, 3.05) is 19.6 Å². The average molecular weight is 420 g/mol. The SMILES string of the molecule is Cc1noc(C)c1COc1cccc(C(=O)NCC(c2ccccc2)N2CCCC2)c1. The molecule has 6 heteroatoms. The molecule has 0 spiro atoms. The highest BCUT2D eigenvalue weighted by Crippen LogP contribution is 2.25. The van der Waals surface area contributed by atoms with E-state index in [0.717, 1.165) is 30.1 Å². The molecule has 0 bridgehead atoms. The minimum absolute atomic E-state index is 0.0945. The van der Waals surface area contributed by atoms with Gasteiger partial charge >= 0.3 is 0 Å². The zero-order chi connectivity index (χ0) is 21.6. The van der Waals surface area contributed by atoms with E-state index in [-0.39, 0.29) is 11.9 Å². The third kappa shape index (κ3) is 5.14. The Kier molecular flexibility index (Phi) is 6.67. The number of amides is 1. The lowest BCUT2D eigenvalue weighted by Gasteiger charge is -2.28. The number of aromatic nitrogens is 1. The number of hydrogen-bond acceptors (Lipinski definition) is 5. The second-order valence-corrected chi connectivity index (χ2v) is 8.00. The number of carbonyl (C=O) groups is 1. The highest BCUT2D eigenvalue weighted by atomic mass is 16.5. The molecule has 1 saturated heterocycles. The Morgan fingerprint density at radius 1 is 1.13 bits per heavy atom. The van der Waals surface area contributed by atoms with Gasteiger partial charge in [-0.15, -0.1) is 0 Å². The van der Waals surface area contributed by atoms with Crippen LogP contribution in [0.3, 0.4) is 0 Å². The zero-order valence-electron chi connectivity index (χ0n) is 18.1. The zero-order valence-corrected chi connectivity index (χ0v) is 18.1. The third-order valence-corrected chi connectivity index (χ3v) is 5.88. The largest absolute Gasteiger partial charge is 0.489 e. The van der Waals surface area contributed by atoms with Crippen molar-refractivity contribution < 1.29 is 14.1 Å². The third-order valence-electron chi connectivity index (χ3n) is 5.88. The van der Waals surface area contributed by atoms with E-state index in [4.69, 9.17) is 9.26 Å². The molecule has 1 aliphatic rings. The van der Waals surface area contributed by atoms with Crippen LogP contribution in [0.4, 0.5) is 0 Å². The fourth-order valence-corrected chi connectivity index (χ4v) is 4.07. The van der Waals surface area contributed by atoms with Gasteiger partial charge in [-0.1, -0.05) is 41.6 Å². The molecule has 1 amide bonds. The molecule has 162 valence electrons. The summed E-state index contributed by atoms with van der Waals surface area (Å²) in [7, 11) is 0. The van der Waals surface area contributed by atoms with Crippen molar-refractivity contribution in [1.29, 1.82) is 0 Å². The van der Waals surface area contributed by atoms with Gasteiger partial charge in [0, 0.05) is 12.1 Å². The summed E-state index contributed by atoms with van der Waals surface area (Å²) in [5, 5.41) is 7.08. The molecule has 31 heavy (non-hydrogen) atoms. The highest BCUT2D eigenvalue weighted by Gasteiger charge is 2.24. The Labute approximate surface area is 183 Å². The van der Waals surface area contributed by atoms with Crippen molar-refractivity contribution >= 4 is 5.91 Å². The number of nitrogens with zero attached hydrogens (tertiary/aromatic N) is 2. The highest BCUT2D eigenvalue weighted by molar-refractivity contribution is 5.94. The van der Waals surface area contributed by atoms with E-state index in [0.29, 0.717) is 24.5 Å². The lowest BCUT2D eigenvalue weighted by molar-refractivity contribution is 0.0937. The topological polar surface area (TPSA) is 67.6 Å². The van der Waals surface area contributed by atoms with Crippen LogP contribution in [0.25, 0.3) is 0 Å². The summed E-state index contributed by atoms with van der Waals surface area (Å²) in [4.78, 5) is 15.3. The number of carbonyl (C=O) groups excluding carboxylic acids is 1. The monoisotopic (exact) mass is 419 g/mol. The first-order valence-corrected chi connectivity index (χ1v) is 10.8. The van der Waals surface area contributed by atoms with Gasteiger partial charge in [-0.2, -0.15) is 0 Å². The number of likely N-dealkylation sites (tertiary alicyclic amines) is 1. The van der Waals surface area contributed by atoms with E-state index in [1.54, 1.807) is 6.07 Å². The van der Waals surface area contributed by atoms with Crippen LogP contribution in [0.2, 0.25) is 0 Å². The summed E-state index contributed by atoms with van der Waals surface area (Å²) in [6.45, 7) is 6.83. The summed E-state index contributed by atoms with van der Waals surface area (Å²) in [6.07, 6.45) is 2.42. The molecule has 1 unspecified atom stereocenters. The van der Waals surface area contributed by atoms with E-state index >= 15 is 0 Å². The lowest BCUT2D eigenvalue weighted by Crippen LogP contribution is -2.36. The Balaban J connectivity index is 1.40. The molecule has 1 N–H and O–H groups in total. The molecule has 0 radical (unpaired) electrons. The van der Waals surface area contributed by atoms with Crippen LogP contribution in [-0.2, 0) is 6.61 Å². The molecule has 2 heterocycles. The number of rotatable bonds is 8. The Bertz CT molecular complexity index is 990. The van der Waals surface area contributed by atoms with Gasteiger partial charge in [-0.25, -0.2) is 0 Å². The molecule has 3 aromatic rings. The van der Waals surface area contributed by atoms with Gasteiger partial charge in [0.15, 0.2) is 0 Å². The molecule has 4 rings (SSSR count). The van der Waals surface area contributed by atoms with Crippen LogP contribution < -0.4 is 10.1 Å². The number of hydrogen-bond donors (Lipinski definition) is 1. The molecule has 0 aliphatic carbocycles. The minimum Gasteiger partial charge on any atom is -0.489 e. The van der Waals surface area contributed by atoms with Crippen LogP contribution in [0.15, 0.2) is 59.1 Å². The second kappa shape index (κ2) is 9.79. The van der Waals surface area contributed by atoms with Crippen molar-refractivity contribution in [2.45, 2.75) is 39.3 Å². The fourth-order valence-electron chi connectivity index (χ4n) is 4.07. The molecule has 1 atom stereocenters. The van der Waals surface area contributed by atoms with Crippen molar-refractivity contribution in [2.24, 2.45) is 0 Å². The van der Waals surface area contributed by atoms with Crippen LogP contribution in [0.5, 0.6) is 5.75 Å². The summed E-state index contributed by atoms with van der Waals surface area (Å²) < 4.78 is 11.1. The summed E-state index contributed by atoms with van der Waals surface area (Å²) in [6, 6.07) is 17.9. The van der Waals surface area contributed by atoms with E-state index in [2.05, 4.69) is 39.6 Å². The first-order valence-electron chi connectivity index (χ1n) is 10.8. The summed E-state index contributed by atoms with van der Waals surface area (Å²) in [5.41, 5.74) is 3.58. The number of benzene rings is 2. The second-order valence-electron chi connectivity index (χ2n) is 8.00. The predicted molar refractivity (Wildman–Crippen MR) is 119 cm³/mol. The van der Waals surface area contributed by atoms with Crippen molar-refractivity contribution in [3.8, 4) is 5.75 Å². The molecule has 1 aliphatic heterocycles. The van der Waals surface area contributed by atoms with E-state index in [1.807, 2.05) is 38.1 Å². The van der Waals surface area contributed by atoms with Gasteiger partial charge in [0.25, 0.3) is 5.91 Å². The maximum Gasteiger partial charge on any atom is 0.251 e. The van der Waals surface area contributed by atoms with Crippen molar-refractivity contribution in [3.05, 3.63) is 82.7 Å². The smallest absolute Gasteiger partial charge is 0.251 e. The van der Waals surface area contributed by atoms with E-state index in [9.17, 15) is 4.79 Å². The van der Waals surface area contributed by atoms with Crippen molar-refractivity contribution in [3.63, 3.8) is 0 Å². The number of ether oxygens (including phenoxy) is 1. The van der Waals surface area contributed by atoms with Crippen LogP contribution in [0.1, 0.15) is 51.8 Å². The fraction of sp³-hybridized carbons (Fsp3) is 0.360. The van der Waals surface area contributed by atoms with E-state index < -0.39 is 0 Å². The quantitative estimate of drug-likeness (QED) is 0.585. The van der Waals surface area contributed by atoms with Gasteiger partial charge < -0.3 is 14.6 Å². The molecule has 1 fully saturated rings. The van der Waals surface area contributed by atoms with Gasteiger partial charge in [0.1, 0.15) is 18.1 Å². The number of nitrogens with one attached hydrogen (secondary N) is 1. The van der Waals surface area contributed by atoms with Crippen LogP contribution >= 0.6 is 0 Å². The van der Waals surface area contributed by atoms with Gasteiger partial charge in [-0.05, 0) is 63.5 Å². The van der Waals surface area contributed by atoms with Gasteiger partial charge in [0.2, 0.25) is 0 Å². The first kappa shape index (κ1) is 21.1. The molecule has 1 aromatic heterocycles. The summed E-state index contributed by atoms with van der Waals surface area (Å²) in [5.74, 6) is 1.30. The standard InChI is InChI=1S/C25H29N3O3/c1-18-23(19(2)31-27-18)17-30-22-12-8-11-21(15-22)25(29)26-16-24(28-13-6-7-14-28)20-9-4-3-5-10-20/h3-5,8-12,15,24H,6-7,13-14,16-17H2,1-2H3,(H,26,29). The van der Waals surface area contributed by atoms with Crippen LogP contribution in [0, 0.1) is 13.8 Å². The predicted octanol–water partition coefficient (Wildman–Crippen LogP) is 4.44. The van der Waals surface area contributed by atoms with E-state index in [1.165, 1.54) is 18.4 Å². The average Bonchev–Trinajstić information content (AvgIpc) is 3.44. The maximum absolute atomic E-state index is 12.9. The van der Waals surface area contributed by atoms with Crippen LogP contribution in [-0.4, -0.2) is 35.6 Å². The number of aryl methyl sites for hydroxylation is 2. The Morgan fingerprint density at radius 3 is 2.61 bits per heavy atom. The molecular formula is C25H29N3O3. The Hall–Kier alpha value is -3.12. The summed E-state index contributed by atoms with van der Waals surface area (Å²) >= 11 is 0. The first-order chi connectivity index (χ1) is 15.1. The molecule has 6 nitrogen and oxygen atoms in total.